The molecule has 1 unspecified atom stereocenters. The molecule has 0 bridgehead atoms. The van der Waals surface area contributed by atoms with Gasteiger partial charge < -0.3 is 15.2 Å². The number of nitriles is 1. The first kappa shape index (κ1) is 21.6. The molecular weight excluding hydrogens is 448 g/mol. The summed E-state index contributed by atoms with van der Waals surface area (Å²) < 4.78 is 11.8. The maximum Gasteiger partial charge on any atom is 0.244 e. The van der Waals surface area contributed by atoms with E-state index >= 15 is 0 Å². The number of rotatable bonds is 5. The predicted molar refractivity (Wildman–Crippen MR) is 130 cm³/mol. The Bertz CT molecular complexity index is 1420. The first-order chi connectivity index (χ1) is 16.5. The molecule has 34 heavy (non-hydrogen) atoms. The summed E-state index contributed by atoms with van der Waals surface area (Å²) in [5.41, 5.74) is 11.9. The number of hydrogen-bond donors (Lipinski definition) is 2. The summed E-state index contributed by atoms with van der Waals surface area (Å²) >= 11 is 6.07. The van der Waals surface area contributed by atoms with Crippen LogP contribution in [0.1, 0.15) is 28.2 Å². The molecule has 0 radical (unpaired) electrons. The van der Waals surface area contributed by atoms with Crippen LogP contribution in [0.4, 0.5) is 0 Å². The number of H-pyrrole nitrogens is 1. The number of nitrogens with two attached hydrogens (primary N) is 1. The van der Waals surface area contributed by atoms with Gasteiger partial charge in [-0.05, 0) is 42.3 Å². The van der Waals surface area contributed by atoms with Gasteiger partial charge in [0.25, 0.3) is 0 Å². The molecule has 168 valence electrons. The fraction of sp³-hybridized carbons (Fsp3) is 0.111. The smallest absolute Gasteiger partial charge is 0.244 e. The Balaban J connectivity index is 1.53. The van der Waals surface area contributed by atoms with Gasteiger partial charge in [-0.25, -0.2) is 0 Å². The standard InChI is InChI=1S/C27H21ClN4O2/c1-16-5-7-17(8-6-16)15-33-21-4-2-3-19(13-21)23-22(14-29)26(30)34-27-24(23)25(31-32-27)18-9-11-20(28)12-10-18/h2-13,23H,15,30H2,1H3,(H,31,32). The van der Waals surface area contributed by atoms with E-state index in [4.69, 9.17) is 26.8 Å². The van der Waals surface area contributed by atoms with Crippen molar-refractivity contribution in [1.29, 1.82) is 5.26 Å². The van der Waals surface area contributed by atoms with Crippen LogP contribution in [-0.4, -0.2) is 10.2 Å². The monoisotopic (exact) mass is 468 g/mol. The summed E-state index contributed by atoms with van der Waals surface area (Å²) in [4.78, 5) is 0. The van der Waals surface area contributed by atoms with Gasteiger partial charge in [0, 0.05) is 10.6 Å². The highest BCUT2D eigenvalue weighted by molar-refractivity contribution is 6.30. The maximum absolute atomic E-state index is 9.95. The van der Waals surface area contributed by atoms with Crippen molar-refractivity contribution >= 4 is 11.6 Å². The van der Waals surface area contributed by atoms with Crippen molar-refractivity contribution in [3.8, 4) is 29.0 Å². The second kappa shape index (κ2) is 8.97. The lowest BCUT2D eigenvalue weighted by molar-refractivity contribution is 0.305. The summed E-state index contributed by atoms with van der Waals surface area (Å²) in [6.45, 7) is 2.49. The van der Waals surface area contributed by atoms with Gasteiger partial charge in [0.2, 0.25) is 11.8 Å². The third kappa shape index (κ3) is 4.09. The van der Waals surface area contributed by atoms with Crippen molar-refractivity contribution in [2.24, 2.45) is 5.73 Å². The van der Waals surface area contributed by atoms with Crippen molar-refractivity contribution in [3.05, 3.63) is 112 Å². The molecule has 3 N–H and O–H groups in total. The molecule has 1 aliphatic heterocycles. The molecule has 0 spiro atoms. The number of benzene rings is 3. The zero-order valence-electron chi connectivity index (χ0n) is 18.4. The summed E-state index contributed by atoms with van der Waals surface area (Å²) in [7, 11) is 0. The third-order valence-electron chi connectivity index (χ3n) is 5.79. The summed E-state index contributed by atoms with van der Waals surface area (Å²) in [5.74, 6) is 0.608. The van der Waals surface area contributed by atoms with E-state index in [1.54, 1.807) is 12.1 Å². The van der Waals surface area contributed by atoms with Crippen LogP contribution in [0.2, 0.25) is 5.02 Å². The fourth-order valence-corrected chi connectivity index (χ4v) is 4.18. The second-order valence-electron chi connectivity index (χ2n) is 8.10. The Morgan fingerprint density at radius 2 is 1.88 bits per heavy atom. The van der Waals surface area contributed by atoms with E-state index < -0.39 is 5.92 Å². The van der Waals surface area contributed by atoms with Gasteiger partial charge in [-0.1, -0.05) is 65.7 Å². The molecule has 6 nitrogen and oxygen atoms in total. The normalized spacial score (nSPS) is 14.8. The first-order valence-corrected chi connectivity index (χ1v) is 11.1. The number of allylic oxidation sites excluding steroid dienone is 1. The number of nitrogens with zero attached hydrogens (tertiary/aromatic N) is 2. The highest BCUT2D eigenvalue weighted by atomic mass is 35.5. The SMILES string of the molecule is Cc1ccc(COc2cccc(C3C(C#N)=C(N)Oc4n[nH]c(-c5ccc(Cl)cc5)c43)c2)cc1. The molecule has 0 amide bonds. The summed E-state index contributed by atoms with van der Waals surface area (Å²) in [6, 6.07) is 25.5. The number of halogens is 1. The van der Waals surface area contributed by atoms with Crippen LogP contribution in [0.5, 0.6) is 11.6 Å². The Morgan fingerprint density at radius 3 is 2.62 bits per heavy atom. The number of nitrogens with one attached hydrogen (secondary N) is 1. The molecule has 5 rings (SSSR count). The lowest BCUT2D eigenvalue weighted by Crippen LogP contribution is -2.21. The van der Waals surface area contributed by atoms with E-state index in [1.165, 1.54) is 5.56 Å². The van der Waals surface area contributed by atoms with Crippen molar-refractivity contribution in [3.63, 3.8) is 0 Å². The van der Waals surface area contributed by atoms with Crippen molar-refractivity contribution in [1.82, 2.24) is 10.2 Å². The summed E-state index contributed by atoms with van der Waals surface area (Å²) in [5, 5.41) is 17.9. The number of ether oxygens (including phenoxy) is 2. The molecule has 0 aliphatic carbocycles. The molecule has 1 aliphatic rings. The Labute approximate surface area is 202 Å². The van der Waals surface area contributed by atoms with E-state index in [0.29, 0.717) is 28.8 Å². The van der Waals surface area contributed by atoms with Crippen molar-refractivity contribution < 1.29 is 9.47 Å². The van der Waals surface area contributed by atoms with Gasteiger partial charge in [-0.15, -0.1) is 5.10 Å². The average Bonchev–Trinajstić information content (AvgIpc) is 3.26. The minimum absolute atomic E-state index is 0.0418. The van der Waals surface area contributed by atoms with Gasteiger partial charge in [0.1, 0.15) is 24.0 Å². The molecular formula is C27H21ClN4O2. The zero-order valence-corrected chi connectivity index (χ0v) is 19.1. The molecule has 0 saturated heterocycles. The largest absolute Gasteiger partial charge is 0.489 e. The van der Waals surface area contributed by atoms with E-state index in [1.807, 2.05) is 48.5 Å². The van der Waals surface area contributed by atoms with E-state index in [-0.39, 0.29) is 5.88 Å². The van der Waals surface area contributed by atoms with Crippen LogP contribution < -0.4 is 15.2 Å². The van der Waals surface area contributed by atoms with Gasteiger partial charge in [-0.2, -0.15) is 5.26 Å². The molecule has 0 fully saturated rings. The van der Waals surface area contributed by atoms with E-state index in [2.05, 4.69) is 35.3 Å². The number of fused-ring (bicyclic) bond motifs is 1. The maximum atomic E-state index is 9.95. The van der Waals surface area contributed by atoms with Gasteiger partial charge in [-0.3, -0.25) is 5.10 Å². The lowest BCUT2D eigenvalue weighted by Gasteiger charge is -2.24. The Morgan fingerprint density at radius 1 is 1.12 bits per heavy atom. The Hall–Kier alpha value is -4.21. The molecule has 1 atom stereocenters. The van der Waals surface area contributed by atoms with E-state index in [0.717, 1.165) is 27.9 Å². The fourth-order valence-electron chi connectivity index (χ4n) is 4.05. The first-order valence-electron chi connectivity index (χ1n) is 10.7. The minimum atomic E-state index is -0.471. The van der Waals surface area contributed by atoms with Crippen LogP contribution in [0.3, 0.4) is 0 Å². The summed E-state index contributed by atoms with van der Waals surface area (Å²) in [6.07, 6.45) is 0. The number of aryl methyl sites for hydroxylation is 1. The molecule has 3 aromatic carbocycles. The topological polar surface area (TPSA) is 96.9 Å². The van der Waals surface area contributed by atoms with Crippen LogP contribution in [0.15, 0.2) is 84.3 Å². The van der Waals surface area contributed by atoms with Crippen molar-refractivity contribution in [2.75, 3.05) is 0 Å². The minimum Gasteiger partial charge on any atom is -0.489 e. The van der Waals surface area contributed by atoms with Crippen LogP contribution >= 0.6 is 11.6 Å². The van der Waals surface area contributed by atoms with Crippen LogP contribution in [0.25, 0.3) is 11.3 Å². The quantitative estimate of drug-likeness (QED) is 0.383. The molecule has 1 aromatic heterocycles. The highest BCUT2D eigenvalue weighted by Crippen LogP contribution is 2.46. The molecule has 2 heterocycles. The zero-order chi connectivity index (χ0) is 23.7. The Kier molecular flexibility index (Phi) is 5.70. The predicted octanol–water partition coefficient (Wildman–Crippen LogP) is 5.84. The number of aromatic amines is 1. The van der Waals surface area contributed by atoms with Crippen LogP contribution in [-0.2, 0) is 6.61 Å². The van der Waals surface area contributed by atoms with Gasteiger partial charge >= 0.3 is 0 Å². The number of hydrogen-bond acceptors (Lipinski definition) is 5. The van der Waals surface area contributed by atoms with Crippen molar-refractivity contribution in [2.45, 2.75) is 19.4 Å². The molecule has 0 saturated carbocycles. The molecule has 4 aromatic rings. The molecule has 7 heteroatoms. The number of aromatic nitrogens is 2. The third-order valence-corrected chi connectivity index (χ3v) is 6.04. The van der Waals surface area contributed by atoms with Crippen LogP contribution in [0, 0.1) is 18.3 Å². The second-order valence-corrected chi connectivity index (χ2v) is 8.53. The average molecular weight is 469 g/mol. The van der Waals surface area contributed by atoms with Gasteiger partial charge in [0.15, 0.2) is 0 Å². The van der Waals surface area contributed by atoms with Gasteiger partial charge in [0.05, 0.1) is 17.2 Å². The van der Waals surface area contributed by atoms with E-state index in [9.17, 15) is 5.26 Å². The highest BCUT2D eigenvalue weighted by Gasteiger charge is 2.35. The lowest BCUT2D eigenvalue weighted by atomic mass is 9.83.